The van der Waals surface area contributed by atoms with Crippen molar-refractivity contribution in [1.29, 1.82) is 0 Å². The number of carbonyl (C=O) groups excluding carboxylic acids is 1. The first-order valence-electron chi connectivity index (χ1n) is 6.93. The molecule has 5 heteroatoms. The second-order valence-corrected chi connectivity index (χ2v) is 6.13. The summed E-state index contributed by atoms with van der Waals surface area (Å²) in [6, 6.07) is -0.522. The maximum absolute atomic E-state index is 11.8. The van der Waals surface area contributed by atoms with E-state index in [1.54, 1.807) is 0 Å². The van der Waals surface area contributed by atoms with Gasteiger partial charge in [0.25, 0.3) is 0 Å². The molecule has 0 heterocycles. The SMILES string of the molecule is CCC(CCNC(=O)C(N)C(C)(C)C)CCC(=O)O. The Bertz CT molecular complexity index is 298. The summed E-state index contributed by atoms with van der Waals surface area (Å²) >= 11 is 0. The summed E-state index contributed by atoms with van der Waals surface area (Å²) in [4.78, 5) is 22.3. The number of carboxylic acids is 1. The number of nitrogens with two attached hydrogens (primary N) is 1. The van der Waals surface area contributed by atoms with Gasteiger partial charge in [-0.25, -0.2) is 0 Å². The fraction of sp³-hybridized carbons (Fsp3) is 0.857. The maximum Gasteiger partial charge on any atom is 0.303 e. The van der Waals surface area contributed by atoms with E-state index < -0.39 is 12.0 Å². The van der Waals surface area contributed by atoms with Crippen LogP contribution >= 0.6 is 0 Å². The van der Waals surface area contributed by atoms with E-state index in [0.717, 1.165) is 12.8 Å². The van der Waals surface area contributed by atoms with Crippen molar-refractivity contribution in [2.24, 2.45) is 17.1 Å². The van der Waals surface area contributed by atoms with Gasteiger partial charge >= 0.3 is 5.97 Å². The van der Waals surface area contributed by atoms with Gasteiger partial charge in [-0.2, -0.15) is 0 Å². The van der Waals surface area contributed by atoms with E-state index in [1.165, 1.54) is 0 Å². The molecule has 0 aliphatic carbocycles. The van der Waals surface area contributed by atoms with Gasteiger partial charge in [0.2, 0.25) is 5.91 Å². The standard InChI is InChI=1S/C14H28N2O3/c1-5-10(6-7-11(17)18)8-9-16-13(19)12(15)14(2,3)4/h10,12H,5-9,15H2,1-4H3,(H,16,19)(H,17,18). The van der Waals surface area contributed by atoms with Crippen LogP contribution in [-0.2, 0) is 9.59 Å². The Morgan fingerprint density at radius 2 is 1.84 bits per heavy atom. The lowest BCUT2D eigenvalue weighted by atomic mass is 9.87. The third kappa shape index (κ3) is 7.82. The first-order valence-corrected chi connectivity index (χ1v) is 6.93. The van der Waals surface area contributed by atoms with Crippen molar-refractivity contribution >= 4 is 11.9 Å². The van der Waals surface area contributed by atoms with Crippen LogP contribution < -0.4 is 11.1 Å². The summed E-state index contributed by atoms with van der Waals surface area (Å²) in [6.45, 7) is 8.38. The molecule has 0 spiro atoms. The van der Waals surface area contributed by atoms with Crippen molar-refractivity contribution in [2.75, 3.05) is 6.54 Å². The van der Waals surface area contributed by atoms with Gasteiger partial charge in [0, 0.05) is 13.0 Å². The van der Waals surface area contributed by atoms with E-state index in [9.17, 15) is 9.59 Å². The fourth-order valence-electron chi connectivity index (χ4n) is 1.78. The number of amides is 1. The molecule has 4 N–H and O–H groups in total. The summed E-state index contributed by atoms with van der Waals surface area (Å²) in [6.07, 6.45) is 2.57. The quantitative estimate of drug-likeness (QED) is 0.627. The zero-order chi connectivity index (χ0) is 15.1. The number of carbonyl (C=O) groups is 2. The molecule has 0 rings (SSSR count). The minimum absolute atomic E-state index is 0.138. The first-order chi connectivity index (χ1) is 8.68. The molecule has 5 nitrogen and oxygen atoms in total. The molecule has 112 valence electrons. The predicted octanol–water partition coefficient (Wildman–Crippen LogP) is 1.76. The fourth-order valence-corrected chi connectivity index (χ4v) is 1.78. The third-order valence-electron chi connectivity index (χ3n) is 3.41. The van der Waals surface area contributed by atoms with Crippen LogP contribution in [0.2, 0.25) is 0 Å². The van der Waals surface area contributed by atoms with Gasteiger partial charge in [0.05, 0.1) is 6.04 Å². The molecule has 0 saturated carbocycles. The number of carboxylic acid groups (broad SMARTS) is 1. The number of hydrogen-bond donors (Lipinski definition) is 3. The van der Waals surface area contributed by atoms with Gasteiger partial charge in [-0.15, -0.1) is 0 Å². The van der Waals surface area contributed by atoms with Crippen molar-refractivity contribution in [3.8, 4) is 0 Å². The largest absolute Gasteiger partial charge is 0.481 e. The average molecular weight is 272 g/mol. The van der Waals surface area contributed by atoms with Gasteiger partial charge in [-0.1, -0.05) is 34.1 Å². The molecular weight excluding hydrogens is 244 g/mol. The van der Waals surface area contributed by atoms with E-state index in [2.05, 4.69) is 5.32 Å². The number of aliphatic carboxylic acids is 1. The minimum Gasteiger partial charge on any atom is -0.481 e. The van der Waals surface area contributed by atoms with Crippen LogP contribution in [0.1, 0.15) is 53.4 Å². The second-order valence-electron chi connectivity index (χ2n) is 6.13. The molecule has 0 saturated heterocycles. The van der Waals surface area contributed by atoms with Gasteiger partial charge in [-0.05, 0) is 24.2 Å². The van der Waals surface area contributed by atoms with Crippen molar-refractivity contribution < 1.29 is 14.7 Å². The van der Waals surface area contributed by atoms with E-state index >= 15 is 0 Å². The normalized spacial score (nSPS) is 14.8. The molecule has 0 aromatic heterocycles. The van der Waals surface area contributed by atoms with E-state index in [0.29, 0.717) is 18.9 Å². The van der Waals surface area contributed by atoms with Crippen molar-refractivity contribution in [3.63, 3.8) is 0 Å². The topological polar surface area (TPSA) is 92.4 Å². The highest BCUT2D eigenvalue weighted by Gasteiger charge is 2.27. The van der Waals surface area contributed by atoms with Gasteiger partial charge in [0.15, 0.2) is 0 Å². The minimum atomic E-state index is -0.766. The molecular formula is C14H28N2O3. The molecule has 2 atom stereocenters. The molecule has 0 aliphatic heterocycles. The summed E-state index contributed by atoms with van der Waals surface area (Å²) in [5.74, 6) is -0.569. The molecule has 0 radical (unpaired) electrons. The number of nitrogens with one attached hydrogen (secondary N) is 1. The highest BCUT2D eigenvalue weighted by atomic mass is 16.4. The highest BCUT2D eigenvalue weighted by molar-refractivity contribution is 5.82. The predicted molar refractivity (Wildman–Crippen MR) is 75.7 cm³/mol. The summed E-state index contributed by atoms with van der Waals surface area (Å²) in [5.41, 5.74) is 5.60. The third-order valence-corrected chi connectivity index (χ3v) is 3.41. The Balaban J connectivity index is 4.00. The van der Waals surface area contributed by atoms with Crippen molar-refractivity contribution in [3.05, 3.63) is 0 Å². The summed E-state index contributed by atoms with van der Waals surface area (Å²) < 4.78 is 0. The van der Waals surface area contributed by atoms with E-state index in [4.69, 9.17) is 10.8 Å². The Labute approximate surface area is 115 Å². The zero-order valence-electron chi connectivity index (χ0n) is 12.5. The smallest absolute Gasteiger partial charge is 0.303 e. The average Bonchev–Trinajstić information content (AvgIpc) is 2.30. The summed E-state index contributed by atoms with van der Waals surface area (Å²) in [7, 11) is 0. The summed E-state index contributed by atoms with van der Waals surface area (Å²) in [5, 5.41) is 11.5. The zero-order valence-corrected chi connectivity index (χ0v) is 12.5. The van der Waals surface area contributed by atoms with Gasteiger partial charge in [0.1, 0.15) is 0 Å². The molecule has 0 fully saturated rings. The Hall–Kier alpha value is -1.10. The van der Waals surface area contributed by atoms with E-state index in [-0.39, 0.29) is 17.7 Å². The van der Waals surface area contributed by atoms with Crippen molar-refractivity contribution in [1.82, 2.24) is 5.32 Å². The monoisotopic (exact) mass is 272 g/mol. The Kier molecular flexibility index (Phi) is 7.68. The molecule has 0 aliphatic rings. The molecule has 19 heavy (non-hydrogen) atoms. The maximum atomic E-state index is 11.8. The number of hydrogen-bond acceptors (Lipinski definition) is 3. The lowest BCUT2D eigenvalue weighted by molar-refractivity contribution is -0.137. The molecule has 0 aromatic carbocycles. The van der Waals surface area contributed by atoms with E-state index in [1.807, 2.05) is 27.7 Å². The Morgan fingerprint density at radius 1 is 1.26 bits per heavy atom. The number of rotatable bonds is 8. The second kappa shape index (κ2) is 8.15. The van der Waals surface area contributed by atoms with Gasteiger partial charge in [-0.3, -0.25) is 9.59 Å². The molecule has 1 amide bonds. The van der Waals surface area contributed by atoms with Crippen LogP contribution in [-0.4, -0.2) is 29.6 Å². The molecule has 0 bridgehead atoms. The van der Waals surface area contributed by atoms with Crippen LogP contribution in [0.3, 0.4) is 0 Å². The first kappa shape index (κ1) is 17.9. The van der Waals surface area contributed by atoms with Crippen LogP contribution in [0.15, 0.2) is 0 Å². The lowest BCUT2D eigenvalue weighted by Crippen LogP contribution is -2.48. The molecule has 2 unspecified atom stereocenters. The van der Waals surface area contributed by atoms with Gasteiger partial charge < -0.3 is 16.2 Å². The highest BCUT2D eigenvalue weighted by Crippen LogP contribution is 2.18. The van der Waals surface area contributed by atoms with Crippen LogP contribution in [0, 0.1) is 11.3 Å². The van der Waals surface area contributed by atoms with Crippen molar-refractivity contribution in [2.45, 2.75) is 59.4 Å². The van der Waals surface area contributed by atoms with Crippen LogP contribution in [0.4, 0.5) is 0 Å². The van der Waals surface area contributed by atoms with Crippen LogP contribution in [0.5, 0.6) is 0 Å². The lowest BCUT2D eigenvalue weighted by Gasteiger charge is -2.26. The molecule has 0 aromatic rings. The van der Waals surface area contributed by atoms with Crippen LogP contribution in [0.25, 0.3) is 0 Å². The Morgan fingerprint density at radius 3 is 2.26 bits per heavy atom.